The summed E-state index contributed by atoms with van der Waals surface area (Å²) in [5.41, 5.74) is 0.225. The second kappa shape index (κ2) is 4.07. The monoisotopic (exact) mass is 160 g/mol. The summed E-state index contributed by atoms with van der Waals surface area (Å²) in [5, 5.41) is 17.7. The Hall–Kier alpha value is -0.0800. The standard InChI is InChI=1S/C9H20O2/c1-5-9(3,4)6-7(2)8(10)11/h7-8,10-11H,5-6H2,1-4H3. The molecular formula is C9H20O2. The van der Waals surface area contributed by atoms with Gasteiger partial charge in [0, 0.05) is 5.92 Å². The van der Waals surface area contributed by atoms with E-state index in [1.807, 2.05) is 6.92 Å². The maximum absolute atomic E-state index is 8.84. The molecule has 0 spiro atoms. The molecule has 0 aromatic rings. The van der Waals surface area contributed by atoms with Crippen LogP contribution in [-0.2, 0) is 0 Å². The Morgan fingerprint density at radius 2 is 1.73 bits per heavy atom. The predicted octanol–water partition coefficient (Wildman–Crippen LogP) is 1.76. The summed E-state index contributed by atoms with van der Waals surface area (Å²) in [6.45, 7) is 8.27. The largest absolute Gasteiger partial charge is 0.368 e. The van der Waals surface area contributed by atoms with Gasteiger partial charge in [-0.15, -0.1) is 0 Å². The van der Waals surface area contributed by atoms with E-state index in [1.165, 1.54) is 0 Å². The molecule has 0 aromatic heterocycles. The lowest BCUT2D eigenvalue weighted by atomic mass is 9.81. The Kier molecular flexibility index (Phi) is 4.04. The molecule has 0 amide bonds. The fourth-order valence-corrected chi connectivity index (χ4v) is 1.12. The number of aliphatic hydroxyl groups is 2. The second-order valence-corrected chi connectivity index (χ2v) is 4.11. The topological polar surface area (TPSA) is 40.5 Å². The first-order valence-corrected chi connectivity index (χ1v) is 4.25. The highest BCUT2D eigenvalue weighted by Crippen LogP contribution is 2.29. The SMILES string of the molecule is CCC(C)(C)CC(C)C(O)O. The van der Waals surface area contributed by atoms with Gasteiger partial charge in [-0.3, -0.25) is 0 Å². The maximum atomic E-state index is 8.84. The van der Waals surface area contributed by atoms with Crippen molar-refractivity contribution in [2.45, 2.75) is 46.8 Å². The highest BCUT2D eigenvalue weighted by molar-refractivity contribution is 4.70. The Balaban J connectivity index is 3.83. The summed E-state index contributed by atoms with van der Waals surface area (Å²) in [6.07, 6.45) is 0.770. The van der Waals surface area contributed by atoms with Crippen LogP contribution in [0.1, 0.15) is 40.5 Å². The van der Waals surface area contributed by atoms with E-state index in [2.05, 4.69) is 20.8 Å². The van der Waals surface area contributed by atoms with Crippen LogP contribution in [0, 0.1) is 11.3 Å². The summed E-state index contributed by atoms with van der Waals surface area (Å²) in [6, 6.07) is 0. The molecule has 0 heterocycles. The van der Waals surface area contributed by atoms with Gasteiger partial charge in [-0.25, -0.2) is 0 Å². The van der Waals surface area contributed by atoms with Crippen LogP contribution in [0.2, 0.25) is 0 Å². The average molecular weight is 160 g/mol. The first-order valence-electron chi connectivity index (χ1n) is 4.25. The zero-order valence-corrected chi connectivity index (χ0v) is 7.96. The lowest BCUT2D eigenvalue weighted by Crippen LogP contribution is -2.23. The molecule has 11 heavy (non-hydrogen) atoms. The van der Waals surface area contributed by atoms with E-state index >= 15 is 0 Å². The molecule has 0 saturated heterocycles. The third-order valence-corrected chi connectivity index (χ3v) is 2.34. The van der Waals surface area contributed by atoms with Gasteiger partial charge >= 0.3 is 0 Å². The van der Waals surface area contributed by atoms with E-state index in [4.69, 9.17) is 10.2 Å². The number of hydrogen-bond acceptors (Lipinski definition) is 2. The van der Waals surface area contributed by atoms with Crippen LogP contribution in [0.5, 0.6) is 0 Å². The van der Waals surface area contributed by atoms with Crippen LogP contribution >= 0.6 is 0 Å². The van der Waals surface area contributed by atoms with Crippen molar-refractivity contribution in [2.75, 3.05) is 0 Å². The minimum atomic E-state index is -1.17. The molecule has 0 aliphatic rings. The molecule has 0 aliphatic carbocycles. The van der Waals surface area contributed by atoms with Gasteiger partial charge in [0.15, 0.2) is 6.29 Å². The van der Waals surface area contributed by atoms with Crippen molar-refractivity contribution in [1.82, 2.24) is 0 Å². The fourth-order valence-electron chi connectivity index (χ4n) is 1.12. The zero-order valence-electron chi connectivity index (χ0n) is 7.96. The second-order valence-electron chi connectivity index (χ2n) is 4.11. The summed E-state index contributed by atoms with van der Waals surface area (Å²) in [7, 11) is 0. The fraction of sp³-hybridized carbons (Fsp3) is 1.00. The summed E-state index contributed by atoms with van der Waals surface area (Å²) in [4.78, 5) is 0. The molecule has 68 valence electrons. The molecule has 0 bridgehead atoms. The smallest absolute Gasteiger partial charge is 0.154 e. The third-order valence-electron chi connectivity index (χ3n) is 2.34. The quantitative estimate of drug-likeness (QED) is 0.615. The first kappa shape index (κ1) is 10.9. The zero-order chi connectivity index (χ0) is 9.07. The normalized spacial score (nSPS) is 15.5. The van der Waals surface area contributed by atoms with Crippen molar-refractivity contribution < 1.29 is 10.2 Å². The predicted molar refractivity (Wildman–Crippen MR) is 46.1 cm³/mol. The van der Waals surface area contributed by atoms with Crippen molar-refractivity contribution in [3.8, 4) is 0 Å². The third kappa shape index (κ3) is 4.38. The van der Waals surface area contributed by atoms with Gasteiger partial charge in [0.1, 0.15) is 0 Å². The Labute approximate surface area is 69.2 Å². The van der Waals surface area contributed by atoms with Crippen molar-refractivity contribution in [1.29, 1.82) is 0 Å². The molecule has 1 atom stereocenters. The van der Waals surface area contributed by atoms with Gasteiger partial charge < -0.3 is 10.2 Å². The van der Waals surface area contributed by atoms with Crippen LogP contribution in [0.15, 0.2) is 0 Å². The molecule has 2 nitrogen and oxygen atoms in total. The van der Waals surface area contributed by atoms with Crippen LogP contribution in [0.3, 0.4) is 0 Å². The molecular weight excluding hydrogens is 140 g/mol. The molecule has 1 unspecified atom stereocenters. The van der Waals surface area contributed by atoms with Crippen molar-refractivity contribution in [3.05, 3.63) is 0 Å². The van der Waals surface area contributed by atoms with E-state index in [-0.39, 0.29) is 11.3 Å². The Morgan fingerprint density at radius 3 is 2.00 bits per heavy atom. The van der Waals surface area contributed by atoms with Crippen molar-refractivity contribution in [2.24, 2.45) is 11.3 Å². The van der Waals surface area contributed by atoms with Crippen LogP contribution in [-0.4, -0.2) is 16.5 Å². The van der Waals surface area contributed by atoms with Crippen LogP contribution in [0.25, 0.3) is 0 Å². The van der Waals surface area contributed by atoms with E-state index in [0.29, 0.717) is 0 Å². The highest BCUT2D eigenvalue weighted by Gasteiger charge is 2.21. The summed E-state index contributed by atoms with van der Waals surface area (Å²) < 4.78 is 0. The van der Waals surface area contributed by atoms with E-state index in [0.717, 1.165) is 12.8 Å². The molecule has 0 aliphatic heterocycles. The average Bonchev–Trinajstić information content (AvgIpc) is 1.87. The first-order chi connectivity index (χ1) is 4.89. The van der Waals surface area contributed by atoms with Gasteiger partial charge in [-0.05, 0) is 11.8 Å². The highest BCUT2D eigenvalue weighted by atomic mass is 16.5. The molecule has 2 heteroatoms. The molecule has 2 N–H and O–H groups in total. The lowest BCUT2D eigenvalue weighted by Gasteiger charge is -2.27. The maximum Gasteiger partial charge on any atom is 0.154 e. The van der Waals surface area contributed by atoms with Gasteiger partial charge in [0.05, 0.1) is 0 Å². The van der Waals surface area contributed by atoms with Crippen molar-refractivity contribution >= 4 is 0 Å². The number of aliphatic hydroxyl groups excluding tert-OH is 1. The van der Waals surface area contributed by atoms with E-state index in [1.54, 1.807) is 0 Å². The van der Waals surface area contributed by atoms with E-state index < -0.39 is 6.29 Å². The molecule has 0 aromatic carbocycles. The molecule has 0 radical (unpaired) electrons. The van der Waals surface area contributed by atoms with Gasteiger partial charge in [0.2, 0.25) is 0 Å². The van der Waals surface area contributed by atoms with Gasteiger partial charge in [-0.1, -0.05) is 34.1 Å². The Morgan fingerprint density at radius 1 is 1.27 bits per heavy atom. The molecule has 0 rings (SSSR count). The van der Waals surface area contributed by atoms with Crippen LogP contribution in [0.4, 0.5) is 0 Å². The number of rotatable bonds is 4. The molecule has 0 saturated carbocycles. The molecule has 0 fully saturated rings. The lowest BCUT2D eigenvalue weighted by molar-refractivity contribution is -0.0883. The minimum absolute atomic E-state index is 0.0232. The minimum Gasteiger partial charge on any atom is -0.368 e. The Bertz CT molecular complexity index is 108. The number of hydrogen-bond donors (Lipinski definition) is 2. The van der Waals surface area contributed by atoms with Gasteiger partial charge in [-0.2, -0.15) is 0 Å². The summed E-state index contributed by atoms with van der Waals surface area (Å²) >= 11 is 0. The van der Waals surface area contributed by atoms with E-state index in [9.17, 15) is 0 Å². The van der Waals surface area contributed by atoms with Crippen LogP contribution < -0.4 is 0 Å². The summed E-state index contributed by atoms with van der Waals surface area (Å²) in [5.74, 6) is -0.0232. The van der Waals surface area contributed by atoms with Gasteiger partial charge in [0.25, 0.3) is 0 Å². The van der Waals surface area contributed by atoms with Crippen molar-refractivity contribution in [3.63, 3.8) is 0 Å².